The van der Waals surface area contributed by atoms with E-state index in [4.69, 9.17) is 5.73 Å². The second-order valence-electron chi connectivity index (χ2n) is 4.15. The first kappa shape index (κ1) is 10.7. The maximum atomic E-state index is 5.72. The second-order valence-corrected chi connectivity index (χ2v) is 4.15. The molecule has 1 aromatic carbocycles. The van der Waals surface area contributed by atoms with Gasteiger partial charge in [0.25, 0.3) is 0 Å². The predicted octanol–water partition coefficient (Wildman–Crippen LogP) is 2.58. The first-order valence-corrected chi connectivity index (χ1v) is 5.68. The lowest BCUT2D eigenvalue weighted by Gasteiger charge is -2.04. The smallest absolute Gasteiger partial charge is 0.159 e. The highest BCUT2D eigenvalue weighted by molar-refractivity contribution is 5.83. The molecule has 4 nitrogen and oxygen atoms in total. The van der Waals surface area contributed by atoms with Gasteiger partial charge in [0.1, 0.15) is 0 Å². The molecule has 88 valence electrons. The van der Waals surface area contributed by atoms with Crippen molar-refractivity contribution in [2.75, 3.05) is 5.73 Å². The summed E-state index contributed by atoms with van der Waals surface area (Å²) in [6, 6.07) is 9.92. The van der Waals surface area contributed by atoms with E-state index in [2.05, 4.69) is 15.0 Å². The van der Waals surface area contributed by atoms with Gasteiger partial charge in [0.05, 0.1) is 23.1 Å². The molecule has 0 aliphatic rings. The number of nitrogens with zero attached hydrogens (tertiary/aromatic N) is 3. The summed E-state index contributed by atoms with van der Waals surface area (Å²) in [5.74, 6) is 0.687. The lowest BCUT2D eigenvalue weighted by Crippen LogP contribution is -1.97. The number of hydrogen-bond acceptors (Lipinski definition) is 4. The van der Waals surface area contributed by atoms with Gasteiger partial charge in [-0.3, -0.25) is 4.98 Å². The molecule has 2 N–H and O–H groups in total. The predicted molar refractivity (Wildman–Crippen MR) is 71.9 cm³/mol. The van der Waals surface area contributed by atoms with Crippen LogP contribution in [0.25, 0.3) is 22.3 Å². The summed E-state index contributed by atoms with van der Waals surface area (Å²) >= 11 is 0. The molecule has 0 unspecified atom stereocenters. The Bertz CT molecular complexity index is 722. The Kier molecular flexibility index (Phi) is 2.41. The van der Waals surface area contributed by atoms with E-state index in [-0.39, 0.29) is 0 Å². The Morgan fingerprint density at radius 1 is 1.11 bits per heavy atom. The lowest BCUT2D eigenvalue weighted by molar-refractivity contribution is 1.12. The quantitative estimate of drug-likeness (QED) is 0.705. The third-order valence-corrected chi connectivity index (χ3v) is 2.88. The summed E-state index contributed by atoms with van der Waals surface area (Å²) in [5, 5.41) is 1.08. The Labute approximate surface area is 105 Å². The van der Waals surface area contributed by atoms with Crippen LogP contribution in [0.2, 0.25) is 0 Å². The molecule has 2 heterocycles. The lowest BCUT2D eigenvalue weighted by atomic mass is 10.1. The Morgan fingerprint density at radius 3 is 2.83 bits per heavy atom. The molecule has 3 aromatic rings. The molecule has 3 rings (SSSR count). The van der Waals surface area contributed by atoms with Crippen LogP contribution < -0.4 is 5.73 Å². The van der Waals surface area contributed by atoms with Gasteiger partial charge in [0.15, 0.2) is 5.82 Å². The van der Waals surface area contributed by atoms with E-state index in [1.54, 1.807) is 12.4 Å². The van der Waals surface area contributed by atoms with Crippen molar-refractivity contribution in [1.82, 2.24) is 15.0 Å². The average molecular weight is 236 g/mol. The number of fused-ring (bicyclic) bond motifs is 1. The van der Waals surface area contributed by atoms with E-state index in [0.717, 1.165) is 22.2 Å². The van der Waals surface area contributed by atoms with Crippen LogP contribution in [0.4, 0.5) is 5.69 Å². The topological polar surface area (TPSA) is 64.7 Å². The molecule has 0 saturated carbocycles. The van der Waals surface area contributed by atoms with E-state index in [9.17, 15) is 0 Å². The van der Waals surface area contributed by atoms with Gasteiger partial charge in [-0.1, -0.05) is 6.07 Å². The van der Waals surface area contributed by atoms with Crippen molar-refractivity contribution in [3.05, 3.63) is 48.4 Å². The molecule has 0 aliphatic carbocycles. The van der Waals surface area contributed by atoms with E-state index < -0.39 is 0 Å². The Morgan fingerprint density at radius 2 is 2.00 bits per heavy atom. The fourth-order valence-corrected chi connectivity index (χ4v) is 1.83. The van der Waals surface area contributed by atoms with Crippen molar-refractivity contribution in [1.29, 1.82) is 0 Å². The van der Waals surface area contributed by atoms with Crippen LogP contribution in [0.5, 0.6) is 0 Å². The number of aryl methyl sites for hydroxylation is 1. The van der Waals surface area contributed by atoms with Crippen molar-refractivity contribution in [2.45, 2.75) is 6.92 Å². The molecule has 0 amide bonds. The third-order valence-electron chi connectivity index (χ3n) is 2.88. The van der Waals surface area contributed by atoms with Gasteiger partial charge in [0.2, 0.25) is 0 Å². The summed E-state index contributed by atoms with van der Waals surface area (Å²) in [4.78, 5) is 12.9. The largest absolute Gasteiger partial charge is 0.396 e. The highest BCUT2D eigenvalue weighted by Crippen LogP contribution is 2.21. The van der Waals surface area contributed by atoms with Crippen molar-refractivity contribution < 1.29 is 0 Å². The monoisotopic (exact) mass is 236 g/mol. The number of aromatic nitrogens is 3. The SMILES string of the molecule is Cc1nc(-c2ccc3ncccc3c2)ncc1N. The molecule has 0 saturated heterocycles. The van der Waals surface area contributed by atoms with Crippen LogP contribution in [-0.2, 0) is 0 Å². The van der Waals surface area contributed by atoms with Crippen LogP contribution in [0.1, 0.15) is 5.69 Å². The van der Waals surface area contributed by atoms with Gasteiger partial charge < -0.3 is 5.73 Å². The third kappa shape index (κ3) is 1.78. The number of hydrogen-bond donors (Lipinski definition) is 1. The first-order chi connectivity index (χ1) is 8.74. The minimum atomic E-state index is 0.612. The minimum absolute atomic E-state index is 0.612. The van der Waals surface area contributed by atoms with Crippen LogP contribution >= 0.6 is 0 Å². The minimum Gasteiger partial charge on any atom is -0.396 e. The van der Waals surface area contributed by atoms with E-state index in [0.29, 0.717) is 11.5 Å². The van der Waals surface area contributed by atoms with Crippen molar-refractivity contribution in [3.8, 4) is 11.4 Å². The molecule has 18 heavy (non-hydrogen) atoms. The summed E-state index contributed by atoms with van der Waals surface area (Å²) < 4.78 is 0. The van der Waals surface area contributed by atoms with Gasteiger partial charge in [-0.25, -0.2) is 9.97 Å². The van der Waals surface area contributed by atoms with Crippen LogP contribution in [0, 0.1) is 6.92 Å². The zero-order chi connectivity index (χ0) is 12.5. The summed E-state index contributed by atoms with van der Waals surface area (Å²) in [6.45, 7) is 1.88. The van der Waals surface area contributed by atoms with Crippen molar-refractivity contribution in [2.24, 2.45) is 0 Å². The fraction of sp³-hybridized carbons (Fsp3) is 0.0714. The van der Waals surface area contributed by atoms with Crippen LogP contribution in [0.15, 0.2) is 42.7 Å². The molecule has 0 aliphatic heterocycles. The highest BCUT2D eigenvalue weighted by atomic mass is 14.9. The Hall–Kier alpha value is -2.49. The Balaban J connectivity index is 2.16. The van der Waals surface area contributed by atoms with Gasteiger partial charge >= 0.3 is 0 Å². The molecule has 0 bridgehead atoms. The van der Waals surface area contributed by atoms with Gasteiger partial charge in [-0.2, -0.15) is 0 Å². The fourth-order valence-electron chi connectivity index (χ4n) is 1.83. The molecule has 0 atom stereocenters. The number of pyridine rings is 1. The zero-order valence-corrected chi connectivity index (χ0v) is 9.96. The average Bonchev–Trinajstić information content (AvgIpc) is 2.41. The van der Waals surface area contributed by atoms with E-state index >= 15 is 0 Å². The standard InChI is InChI=1S/C14H12N4/c1-9-12(15)8-17-14(18-9)11-4-5-13-10(7-11)3-2-6-16-13/h2-8H,15H2,1H3. The van der Waals surface area contributed by atoms with Crippen LogP contribution in [-0.4, -0.2) is 15.0 Å². The number of nitrogens with two attached hydrogens (primary N) is 1. The van der Waals surface area contributed by atoms with Crippen molar-refractivity contribution >= 4 is 16.6 Å². The normalized spacial score (nSPS) is 10.7. The van der Waals surface area contributed by atoms with Gasteiger partial charge in [0, 0.05) is 17.1 Å². The molecule has 4 heteroatoms. The maximum absolute atomic E-state index is 5.72. The van der Waals surface area contributed by atoms with Crippen LogP contribution in [0.3, 0.4) is 0 Å². The summed E-state index contributed by atoms with van der Waals surface area (Å²) in [5.41, 5.74) is 9.07. The molecule has 0 radical (unpaired) electrons. The number of nitrogen functional groups attached to an aromatic ring is 1. The number of anilines is 1. The van der Waals surface area contributed by atoms with Gasteiger partial charge in [-0.05, 0) is 31.2 Å². The number of benzene rings is 1. The highest BCUT2D eigenvalue weighted by Gasteiger charge is 2.04. The van der Waals surface area contributed by atoms with Gasteiger partial charge in [-0.15, -0.1) is 0 Å². The van der Waals surface area contributed by atoms with E-state index in [1.807, 2.05) is 37.3 Å². The zero-order valence-electron chi connectivity index (χ0n) is 9.96. The maximum Gasteiger partial charge on any atom is 0.159 e. The molecule has 0 fully saturated rings. The van der Waals surface area contributed by atoms with E-state index in [1.165, 1.54) is 0 Å². The second kappa shape index (κ2) is 4.07. The molecule has 2 aromatic heterocycles. The summed E-state index contributed by atoms with van der Waals surface area (Å²) in [7, 11) is 0. The number of rotatable bonds is 1. The molecular formula is C14H12N4. The summed E-state index contributed by atoms with van der Waals surface area (Å²) in [6.07, 6.45) is 3.43. The molecular weight excluding hydrogens is 224 g/mol. The molecule has 0 spiro atoms. The van der Waals surface area contributed by atoms with Crippen molar-refractivity contribution in [3.63, 3.8) is 0 Å². The first-order valence-electron chi connectivity index (χ1n) is 5.68.